The fourth-order valence-corrected chi connectivity index (χ4v) is 2.48. The van der Waals surface area contributed by atoms with Crippen molar-refractivity contribution in [1.29, 1.82) is 0 Å². The van der Waals surface area contributed by atoms with E-state index in [1.807, 2.05) is 0 Å². The van der Waals surface area contributed by atoms with Gasteiger partial charge in [-0.3, -0.25) is 0 Å². The van der Waals surface area contributed by atoms with Gasteiger partial charge in [-0.15, -0.1) is 0 Å². The molecule has 2 heteroatoms. The molecule has 0 aliphatic carbocycles. The third-order valence-electron chi connectivity index (χ3n) is 1.52. The lowest BCUT2D eigenvalue weighted by Crippen LogP contribution is -2.30. The van der Waals surface area contributed by atoms with Gasteiger partial charge in [-0.1, -0.05) is 19.8 Å². The molecular formula is C9H22OSi. The predicted octanol–water partition coefficient (Wildman–Crippen LogP) is 3.42. The molecule has 0 heterocycles. The van der Waals surface area contributed by atoms with Gasteiger partial charge in [0, 0.05) is 6.10 Å². The van der Waals surface area contributed by atoms with Crippen LogP contribution in [-0.4, -0.2) is 14.4 Å². The second-order valence-corrected chi connectivity index (χ2v) is 8.64. The second-order valence-electron chi connectivity index (χ2n) is 4.18. The van der Waals surface area contributed by atoms with Crippen LogP contribution >= 0.6 is 0 Å². The minimum absolute atomic E-state index is 0.474. The largest absolute Gasteiger partial charge is 0.415 e. The third kappa shape index (κ3) is 8.08. The average Bonchev–Trinajstić information content (AvgIpc) is 1.79. The minimum atomic E-state index is -1.27. The highest BCUT2D eigenvalue weighted by molar-refractivity contribution is 6.69. The van der Waals surface area contributed by atoms with E-state index in [1.165, 1.54) is 19.3 Å². The molecule has 0 aromatic heterocycles. The van der Waals surface area contributed by atoms with E-state index in [1.54, 1.807) is 0 Å². The minimum Gasteiger partial charge on any atom is -0.415 e. The molecule has 1 nitrogen and oxygen atoms in total. The molecule has 0 saturated carbocycles. The van der Waals surface area contributed by atoms with Gasteiger partial charge in [-0.25, -0.2) is 0 Å². The quantitative estimate of drug-likeness (QED) is 0.580. The van der Waals surface area contributed by atoms with Crippen LogP contribution in [-0.2, 0) is 4.43 Å². The SMILES string of the molecule is CCCCC(C)O[Si](C)(C)C. The first-order chi connectivity index (χ1) is 4.95. The van der Waals surface area contributed by atoms with E-state index in [2.05, 4.69) is 33.5 Å². The molecule has 11 heavy (non-hydrogen) atoms. The normalized spacial score (nSPS) is 15.0. The Morgan fingerprint density at radius 2 is 1.82 bits per heavy atom. The summed E-state index contributed by atoms with van der Waals surface area (Å²) in [6.45, 7) is 11.1. The molecule has 0 aromatic rings. The summed E-state index contributed by atoms with van der Waals surface area (Å²) in [5.41, 5.74) is 0. The summed E-state index contributed by atoms with van der Waals surface area (Å²) in [7, 11) is -1.27. The van der Waals surface area contributed by atoms with E-state index in [0.717, 1.165) is 0 Å². The van der Waals surface area contributed by atoms with Gasteiger partial charge in [0.2, 0.25) is 0 Å². The topological polar surface area (TPSA) is 9.23 Å². The lowest BCUT2D eigenvalue weighted by molar-refractivity contribution is 0.200. The molecule has 1 atom stereocenters. The highest BCUT2D eigenvalue weighted by atomic mass is 28.4. The van der Waals surface area contributed by atoms with Crippen LogP contribution in [0.5, 0.6) is 0 Å². The number of hydrogen-bond acceptors (Lipinski definition) is 1. The maximum Gasteiger partial charge on any atom is 0.184 e. The highest BCUT2D eigenvalue weighted by Gasteiger charge is 2.17. The zero-order valence-electron chi connectivity index (χ0n) is 8.61. The Morgan fingerprint density at radius 3 is 2.18 bits per heavy atom. The molecular weight excluding hydrogens is 152 g/mol. The summed E-state index contributed by atoms with van der Waals surface area (Å²) in [6, 6.07) is 0. The Bertz CT molecular complexity index is 96.2. The van der Waals surface area contributed by atoms with Crippen LogP contribution in [0.25, 0.3) is 0 Å². The van der Waals surface area contributed by atoms with Gasteiger partial charge in [0.05, 0.1) is 0 Å². The van der Waals surface area contributed by atoms with Crippen molar-refractivity contribution >= 4 is 8.32 Å². The van der Waals surface area contributed by atoms with Crippen molar-refractivity contribution in [1.82, 2.24) is 0 Å². The van der Waals surface area contributed by atoms with Crippen LogP contribution < -0.4 is 0 Å². The van der Waals surface area contributed by atoms with Gasteiger partial charge in [0.1, 0.15) is 0 Å². The van der Waals surface area contributed by atoms with E-state index >= 15 is 0 Å². The molecule has 0 bridgehead atoms. The molecule has 1 unspecified atom stereocenters. The Balaban J connectivity index is 3.44. The summed E-state index contributed by atoms with van der Waals surface area (Å²) in [5.74, 6) is 0. The van der Waals surface area contributed by atoms with Crippen LogP contribution in [0, 0.1) is 0 Å². The molecule has 0 aliphatic rings. The first-order valence-electron chi connectivity index (χ1n) is 4.63. The van der Waals surface area contributed by atoms with E-state index in [9.17, 15) is 0 Å². The fourth-order valence-electron chi connectivity index (χ4n) is 1.15. The van der Waals surface area contributed by atoms with E-state index in [-0.39, 0.29) is 0 Å². The molecule has 0 rings (SSSR count). The molecule has 0 spiro atoms. The second kappa shape index (κ2) is 4.94. The third-order valence-corrected chi connectivity index (χ3v) is 2.63. The van der Waals surface area contributed by atoms with Gasteiger partial charge in [-0.05, 0) is 33.0 Å². The van der Waals surface area contributed by atoms with Gasteiger partial charge < -0.3 is 4.43 Å². The molecule has 0 N–H and O–H groups in total. The molecule has 0 saturated heterocycles. The molecule has 0 aliphatic heterocycles. The van der Waals surface area contributed by atoms with Gasteiger partial charge >= 0.3 is 0 Å². The van der Waals surface area contributed by atoms with Crippen LogP contribution in [0.3, 0.4) is 0 Å². The van der Waals surface area contributed by atoms with Crippen molar-refractivity contribution < 1.29 is 4.43 Å². The Labute approximate surface area is 72.3 Å². The summed E-state index contributed by atoms with van der Waals surface area (Å²) in [6.07, 6.45) is 4.27. The van der Waals surface area contributed by atoms with Crippen molar-refractivity contribution in [3.63, 3.8) is 0 Å². The lowest BCUT2D eigenvalue weighted by atomic mass is 10.2. The summed E-state index contributed by atoms with van der Waals surface area (Å²) in [4.78, 5) is 0. The predicted molar refractivity (Wildman–Crippen MR) is 53.4 cm³/mol. The Hall–Kier alpha value is 0.177. The fraction of sp³-hybridized carbons (Fsp3) is 1.00. The van der Waals surface area contributed by atoms with Crippen molar-refractivity contribution in [2.24, 2.45) is 0 Å². The Morgan fingerprint density at radius 1 is 1.27 bits per heavy atom. The van der Waals surface area contributed by atoms with Crippen LogP contribution in [0.1, 0.15) is 33.1 Å². The summed E-state index contributed by atoms with van der Waals surface area (Å²) >= 11 is 0. The molecule has 0 radical (unpaired) electrons. The number of hydrogen-bond donors (Lipinski definition) is 0. The van der Waals surface area contributed by atoms with Gasteiger partial charge in [-0.2, -0.15) is 0 Å². The molecule has 0 aromatic carbocycles. The van der Waals surface area contributed by atoms with Crippen molar-refractivity contribution in [2.75, 3.05) is 0 Å². The number of rotatable bonds is 5. The summed E-state index contributed by atoms with van der Waals surface area (Å²) < 4.78 is 5.88. The first-order valence-corrected chi connectivity index (χ1v) is 8.04. The van der Waals surface area contributed by atoms with Crippen LogP contribution in [0.15, 0.2) is 0 Å². The lowest BCUT2D eigenvalue weighted by Gasteiger charge is -2.23. The molecule has 0 amide bonds. The maximum absolute atomic E-state index is 5.88. The van der Waals surface area contributed by atoms with Crippen molar-refractivity contribution in [2.45, 2.75) is 58.9 Å². The summed E-state index contributed by atoms with van der Waals surface area (Å²) in [5, 5.41) is 0. The molecule has 0 fully saturated rings. The first kappa shape index (κ1) is 11.2. The Kier molecular flexibility index (Phi) is 5.02. The highest BCUT2D eigenvalue weighted by Crippen LogP contribution is 2.11. The number of unbranched alkanes of at least 4 members (excludes halogenated alkanes) is 1. The zero-order valence-corrected chi connectivity index (χ0v) is 9.61. The van der Waals surface area contributed by atoms with E-state index < -0.39 is 8.32 Å². The maximum atomic E-state index is 5.88. The van der Waals surface area contributed by atoms with E-state index in [0.29, 0.717) is 6.10 Å². The molecule has 68 valence electrons. The smallest absolute Gasteiger partial charge is 0.184 e. The monoisotopic (exact) mass is 174 g/mol. The van der Waals surface area contributed by atoms with Crippen LogP contribution in [0.4, 0.5) is 0 Å². The van der Waals surface area contributed by atoms with Crippen molar-refractivity contribution in [3.8, 4) is 0 Å². The van der Waals surface area contributed by atoms with Gasteiger partial charge in [0.15, 0.2) is 8.32 Å². The standard InChI is InChI=1S/C9H22OSi/c1-6-7-8-9(2)10-11(3,4)5/h9H,6-8H2,1-5H3. The van der Waals surface area contributed by atoms with Crippen LogP contribution in [0.2, 0.25) is 19.6 Å². The zero-order chi connectivity index (χ0) is 8.91. The van der Waals surface area contributed by atoms with E-state index in [4.69, 9.17) is 4.43 Å². The van der Waals surface area contributed by atoms with Crippen molar-refractivity contribution in [3.05, 3.63) is 0 Å². The average molecular weight is 174 g/mol. The van der Waals surface area contributed by atoms with Gasteiger partial charge in [0.25, 0.3) is 0 Å².